The normalized spacial score (nSPS) is 1.50. The molecule has 0 radical (unpaired) electrons. The van der Waals surface area contributed by atoms with Gasteiger partial charge in [-0.2, -0.15) is 0 Å². The van der Waals surface area contributed by atoms with E-state index in [4.69, 9.17) is 15.3 Å². The summed E-state index contributed by atoms with van der Waals surface area (Å²) in [5.41, 5.74) is 0. The van der Waals surface area contributed by atoms with Gasteiger partial charge in [-0.15, -0.1) is 10.1 Å². The molecular formula is H26CaN2O13. The van der Waals surface area contributed by atoms with E-state index in [0.717, 1.165) is 0 Å². The Balaban J connectivity index is -0.000000000682. The van der Waals surface area contributed by atoms with E-state index in [0.29, 0.717) is 0 Å². The van der Waals surface area contributed by atoms with Crippen molar-refractivity contribution in [2.45, 2.75) is 0 Å². The maximum atomic E-state index is 8.36. The van der Waals surface area contributed by atoms with E-state index in [-0.39, 0.29) is 98.7 Å². The van der Waals surface area contributed by atoms with Crippen LogP contribution in [0.5, 0.6) is 0 Å². The topological polar surface area (TPSA) is 413 Å². The van der Waals surface area contributed by atoms with Crippen molar-refractivity contribution in [1.29, 1.82) is 0 Å². The van der Waals surface area contributed by atoms with E-state index in [1.165, 1.54) is 0 Å². The van der Waals surface area contributed by atoms with Crippen LogP contribution in [0.15, 0.2) is 0 Å². The fourth-order valence-electron chi connectivity index (χ4n) is 0. The van der Waals surface area contributed by atoms with Gasteiger partial charge < -0.3 is 66.1 Å². The van der Waals surface area contributed by atoms with Gasteiger partial charge in [0.05, 0.1) is 0 Å². The Labute approximate surface area is 119 Å². The van der Waals surface area contributed by atoms with Crippen molar-refractivity contribution >= 4 is 37.7 Å². The molecule has 0 aliphatic rings. The third kappa shape index (κ3) is 6100000. The average Bonchev–Trinajstić information content (AvgIpc) is 0.811. The molecule has 15 nitrogen and oxygen atoms in total. The van der Waals surface area contributed by atoms with Crippen molar-refractivity contribution in [3.8, 4) is 0 Å². The fourth-order valence-corrected chi connectivity index (χ4v) is 0. The quantitative estimate of drug-likeness (QED) is 0.249. The molecule has 0 aromatic carbocycles. The van der Waals surface area contributed by atoms with Gasteiger partial charge >= 0.3 is 37.7 Å². The van der Waals surface area contributed by atoms with Gasteiger partial charge in [0.1, 0.15) is 0 Å². The molecule has 0 aromatic heterocycles. The zero-order valence-corrected chi connectivity index (χ0v) is 7.42. The Morgan fingerprint density at radius 3 is 0.688 bits per heavy atom. The Morgan fingerprint density at radius 1 is 0.688 bits per heavy atom. The number of hydrogen-bond donors (Lipinski definition) is 2. The number of nitrogens with zero attached hydrogens (tertiary/aromatic N) is 1. The standard InChI is InChI=1S/Ca.HNO3.H3N.10H2O.2H/c;2-1(3)4;;;;;;;;;;;;;/h;(H,2,3,4);1H3;10*1H2;;. The summed E-state index contributed by atoms with van der Waals surface area (Å²) in [6.45, 7) is 0. The van der Waals surface area contributed by atoms with E-state index in [1.54, 1.807) is 0 Å². The summed E-state index contributed by atoms with van der Waals surface area (Å²) in [6.07, 6.45) is 0. The van der Waals surface area contributed by atoms with Gasteiger partial charge in [-0.25, -0.2) is 0 Å². The van der Waals surface area contributed by atoms with Crippen LogP contribution in [0.3, 0.4) is 0 Å². The van der Waals surface area contributed by atoms with Gasteiger partial charge in [-0.05, 0) is 0 Å². The molecule has 16 heavy (non-hydrogen) atoms. The monoisotopic (exact) mass is 302 g/mol. The first kappa shape index (κ1) is 396. The summed E-state index contributed by atoms with van der Waals surface area (Å²) in [4.78, 5) is 8.36. The van der Waals surface area contributed by atoms with E-state index < -0.39 is 5.09 Å². The summed E-state index contributed by atoms with van der Waals surface area (Å²) in [7, 11) is 0. The van der Waals surface area contributed by atoms with Crippen LogP contribution in [0.2, 0.25) is 0 Å². The zero-order valence-electron chi connectivity index (χ0n) is 7.42. The van der Waals surface area contributed by atoms with Gasteiger partial charge in [0.15, 0.2) is 0 Å². The Hall–Kier alpha value is 0.0197. The van der Waals surface area contributed by atoms with Gasteiger partial charge in [-0.3, -0.25) is 0 Å². The Bertz CT molecular complexity index is 36.9. The van der Waals surface area contributed by atoms with Crippen LogP contribution >= 0.6 is 0 Å². The molecule has 24 N–H and O–H groups in total. The second-order valence-corrected chi connectivity index (χ2v) is 0.238. The Morgan fingerprint density at radius 2 is 0.688 bits per heavy atom. The molecule has 116 valence electrons. The first-order chi connectivity index (χ1) is 1.73. The molecule has 16 heteroatoms. The van der Waals surface area contributed by atoms with Gasteiger partial charge in [0, 0.05) is 0 Å². The molecule has 0 aliphatic carbocycles. The average molecular weight is 302 g/mol. The summed E-state index contributed by atoms with van der Waals surface area (Å²) in [5, 5.41) is 13.6. The van der Waals surface area contributed by atoms with Crippen LogP contribution in [-0.4, -0.2) is 103 Å². The maximum absolute atomic E-state index is 8.36. The van der Waals surface area contributed by atoms with Crippen molar-refractivity contribution in [2.75, 3.05) is 0 Å². The van der Waals surface area contributed by atoms with E-state index in [2.05, 4.69) is 0 Å². The molecule has 0 heterocycles. The van der Waals surface area contributed by atoms with Crippen LogP contribution in [0.4, 0.5) is 0 Å². The first-order valence-electron chi connectivity index (χ1n) is 0.565. The number of rotatable bonds is 0. The minimum atomic E-state index is -1.50. The molecule has 0 fully saturated rings. The molecular weight excluding hydrogens is 276 g/mol. The van der Waals surface area contributed by atoms with Crippen LogP contribution in [-0.2, 0) is 0 Å². The summed E-state index contributed by atoms with van der Waals surface area (Å²) < 4.78 is 0. The third-order valence-electron chi connectivity index (χ3n) is 0. The van der Waals surface area contributed by atoms with Crippen molar-refractivity contribution in [3.63, 3.8) is 0 Å². The number of hydrogen-bond acceptors (Lipinski definition) is 3. The van der Waals surface area contributed by atoms with E-state index in [9.17, 15) is 0 Å². The predicted molar refractivity (Wildman–Crippen MR) is 58.5 cm³/mol. The van der Waals surface area contributed by atoms with Crippen molar-refractivity contribution in [1.82, 2.24) is 6.15 Å². The molecule has 0 spiro atoms. The third-order valence-corrected chi connectivity index (χ3v) is 0. The van der Waals surface area contributed by atoms with Crippen LogP contribution in [0.25, 0.3) is 0 Å². The second kappa shape index (κ2) is 324. The molecule has 0 aromatic rings. The molecule has 0 bridgehead atoms. The van der Waals surface area contributed by atoms with Crippen molar-refractivity contribution in [3.05, 3.63) is 10.1 Å². The van der Waals surface area contributed by atoms with Crippen LogP contribution < -0.4 is 6.15 Å². The molecule has 0 atom stereocenters. The van der Waals surface area contributed by atoms with Crippen LogP contribution in [0.1, 0.15) is 0 Å². The summed E-state index contributed by atoms with van der Waals surface area (Å²) in [6, 6.07) is 0. The molecule has 0 amide bonds. The molecule has 0 unspecified atom stereocenters. The molecule has 0 saturated carbocycles. The minimum absolute atomic E-state index is 0. The van der Waals surface area contributed by atoms with Gasteiger partial charge in [0.25, 0.3) is 5.09 Å². The van der Waals surface area contributed by atoms with Crippen molar-refractivity contribution < 1.29 is 65.1 Å². The van der Waals surface area contributed by atoms with Crippen molar-refractivity contribution in [2.24, 2.45) is 0 Å². The Kier molecular flexibility index (Phi) is 8020. The summed E-state index contributed by atoms with van der Waals surface area (Å²) in [5.74, 6) is 0. The van der Waals surface area contributed by atoms with Gasteiger partial charge in [-0.1, -0.05) is 0 Å². The molecule has 0 saturated heterocycles. The first-order valence-corrected chi connectivity index (χ1v) is 0.565. The van der Waals surface area contributed by atoms with E-state index >= 15 is 0 Å². The zero-order chi connectivity index (χ0) is 3.58. The van der Waals surface area contributed by atoms with Crippen LogP contribution in [0, 0.1) is 10.1 Å². The predicted octanol–water partition coefficient (Wildman–Crippen LogP) is -9.35. The SMILES string of the molecule is N.O.O.O.O.O.O.O.O.O.O.O=[N+]([O-])O.[CaH2]. The fraction of sp³-hybridized carbons (Fsp3) is 0. The summed E-state index contributed by atoms with van der Waals surface area (Å²) >= 11 is 0. The molecule has 0 aliphatic heterocycles. The van der Waals surface area contributed by atoms with E-state index in [1.807, 2.05) is 0 Å². The molecule has 0 rings (SSSR count). The van der Waals surface area contributed by atoms with Gasteiger partial charge in [0.2, 0.25) is 0 Å². The second-order valence-electron chi connectivity index (χ2n) is 0.238.